The molecule has 0 bridgehead atoms. The lowest BCUT2D eigenvalue weighted by Gasteiger charge is -2.28. The number of rotatable bonds is 3. The first-order valence-corrected chi connectivity index (χ1v) is 7.57. The van der Waals surface area contributed by atoms with E-state index in [0.29, 0.717) is 19.4 Å². The zero-order valence-corrected chi connectivity index (χ0v) is 13.3. The third-order valence-corrected chi connectivity index (χ3v) is 3.97. The molecule has 2 unspecified atom stereocenters. The van der Waals surface area contributed by atoms with Crippen LogP contribution in [0.15, 0.2) is 18.2 Å². The van der Waals surface area contributed by atoms with Gasteiger partial charge in [0.05, 0.1) is 0 Å². The van der Waals surface area contributed by atoms with Crippen LogP contribution in [0.1, 0.15) is 43.4 Å². The molecule has 21 heavy (non-hydrogen) atoms. The Labute approximate surface area is 126 Å². The minimum Gasteiger partial charge on any atom is -0.344 e. The predicted octanol–water partition coefficient (Wildman–Crippen LogP) is 2.32. The van der Waals surface area contributed by atoms with E-state index in [9.17, 15) is 9.59 Å². The molecule has 1 saturated heterocycles. The molecule has 1 aliphatic heterocycles. The van der Waals surface area contributed by atoms with Gasteiger partial charge < -0.3 is 10.2 Å². The van der Waals surface area contributed by atoms with Crippen LogP contribution in [-0.4, -0.2) is 28.8 Å². The minimum atomic E-state index is -0.395. The van der Waals surface area contributed by atoms with Gasteiger partial charge in [-0.3, -0.25) is 9.59 Å². The van der Waals surface area contributed by atoms with E-state index in [2.05, 4.69) is 37.4 Å². The van der Waals surface area contributed by atoms with Crippen molar-refractivity contribution < 1.29 is 9.59 Å². The average molecular weight is 288 g/mol. The van der Waals surface area contributed by atoms with Gasteiger partial charge in [0.1, 0.15) is 6.04 Å². The molecule has 1 heterocycles. The van der Waals surface area contributed by atoms with Gasteiger partial charge in [-0.15, -0.1) is 0 Å². The Kier molecular flexibility index (Phi) is 4.66. The van der Waals surface area contributed by atoms with Crippen LogP contribution in [0.5, 0.6) is 0 Å². The molecule has 1 aromatic carbocycles. The number of benzene rings is 1. The fraction of sp³-hybridized carbons (Fsp3) is 0.529. The normalized spacial score (nSPS) is 23.0. The van der Waals surface area contributed by atoms with Gasteiger partial charge in [-0.1, -0.05) is 36.2 Å². The monoisotopic (exact) mass is 288 g/mol. The zero-order chi connectivity index (χ0) is 15.6. The summed E-state index contributed by atoms with van der Waals surface area (Å²) in [5, 5.41) is 2.82. The molecule has 1 N–H and O–H groups in total. The summed E-state index contributed by atoms with van der Waals surface area (Å²) < 4.78 is 0. The van der Waals surface area contributed by atoms with Gasteiger partial charge in [-0.25, -0.2) is 0 Å². The summed E-state index contributed by atoms with van der Waals surface area (Å²) in [7, 11) is 0. The number of nitrogens with one attached hydrogen (secondary N) is 1. The van der Waals surface area contributed by atoms with E-state index >= 15 is 0 Å². The number of hydrogen-bond acceptors (Lipinski definition) is 2. The third-order valence-electron chi connectivity index (χ3n) is 3.97. The van der Waals surface area contributed by atoms with Crippen molar-refractivity contribution in [3.05, 3.63) is 34.9 Å². The number of aryl methyl sites for hydroxylation is 2. The highest BCUT2D eigenvalue weighted by molar-refractivity contribution is 5.90. The summed E-state index contributed by atoms with van der Waals surface area (Å²) in [6.45, 7) is 8.55. The fourth-order valence-corrected chi connectivity index (χ4v) is 2.98. The number of amides is 2. The largest absolute Gasteiger partial charge is 0.344 e. The van der Waals surface area contributed by atoms with Gasteiger partial charge in [0.2, 0.25) is 11.8 Å². The molecule has 2 amide bonds. The van der Waals surface area contributed by atoms with E-state index in [-0.39, 0.29) is 17.9 Å². The molecule has 1 aliphatic rings. The summed E-state index contributed by atoms with van der Waals surface area (Å²) in [6, 6.07) is 5.86. The van der Waals surface area contributed by atoms with E-state index in [1.165, 1.54) is 11.1 Å². The Bertz CT molecular complexity index is 533. The van der Waals surface area contributed by atoms with Gasteiger partial charge in [-0.05, 0) is 32.8 Å². The molecule has 0 saturated carbocycles. The van der Waals surface area contributed by atoms with Crippen molar-refractivity contribution >= 4 is 11.8 Å². The smallest absolute Gasteiger partial charge is 0.245 e. The Hall–Kier alpha value is -1.84. The molecule has 1 fully saturated rings. The Morgan fingerprint density at radius 2 is 1.81 bits per heavy atom. The van der Waals surface area contributed by atoms with Crippen molar-refractivity contribution in [2.45, 2.75) is 59.2 Å². The van der Waals surface area contributed by atoms with Crippen molar-refractivity contribution in [2.24, 2.45) is 0 Å². The quantitative estimate of drug-likeness (QED) is 0.928. The number of carbonyl (C=O) groups is 2. The molecule has 0 spiro atoms. The van der Waals surface area contributed by atoms with Gasteiger partial charge in [0, 0.05) is 19.0 Å². The molecule has 2 rings (SSSR count). The van der Waals surface area contributed by atoms with E-state index in [1.807, 2.05) is 18.7 Å². The highest BCUT2D eigenvalue weighted by Crippen LogP contribution is 2.18. The first-order chi connectivity index (χ1) is 9.90. The number of nitrogens with zero attached hydrogens (tertiary/aromatic N) is 1. The van der Waals surface area contributed by atoms with Crippen molar-refractivity contribution in [3.8, 4) is 0 Å². The second-order valence-corrected chi connectivity index (χ2v) is 6.04. The molecule has 1 aromatic rings. The van der Waals surface area contributed by atoms with Crippen molar-refractivity contribution in [2.75, 3.05) is 0 Å². The lowest BCUT2D eigenvalue weighted by molar-refractivity contribution is -0.135. The van der Waals surface area contributed by atoms with Crippen LogP contribution >= 0.6 is 0 Å². The lowest BCUT2D eigenvalue weighted by atomic mass is 10.1. The fourth-order valence-electron chi connectivity index (χ4n) is 2.98. The molecule has 0 aliphatic carbocycles. The molecule has 0 radical (unpaired) electrons. The molecular weight excluding hydrogens is 264 g/mol. The van der Waals surface area contributed by atoms with Crippen LogP contribution in [0.3, 0.4) is 0 Å². The molecule has 114 valence electrons. The van der Waals surface area contributed by atoms with Crippen LogP contribution in [0.2, 0.25) is 0 Å². The van der Waals surface area contributed by atoms with Gasteiger partial charge >= 0.3 is 0 Å². The van der Waals surface area contributed by atoms with Gasteiger partial charge in [-0.2, -0.15) is 0 Å². The summed E-state index contributed by atoms with van der Waals surface area (Å²) in [5.41, 5.74) is 3.51. The molecular formula is C17H24N2O2. The van der Waals surface area contributed by atoms with Crippen molar-refractivity contribution in [3.63, 3.8) is 0 Å². The van der Waals surface area contributed by atoms with E-state index in [1.54, 1.807) is 0 Å². The highest BCUT2D eigenvalue weighted by Gasteiger charge is 2.32. The first-order valence-electron chi connectivity index (χ1n) is 7.57. The van der Waals surface area contributed by atoms with Gasteiger partial charge in [0.25, 0.3) is 0 Å². The van der Waals surface area contributed by atoms with Crippen molar-refractivity contribution in [1.29, 1.82) is 0 Å². The second kappa shape index (κ2) is 6.29. The number of hydrogen-bond donors (Lipinski definition) is 1. The summed E-state index contributed by atoms with van der Waals surface area (Å²) in [5.74, 6) is -0.0133. The Balaban J connectivity index is 2.26. The van der Waals surface area contributed by atoms with E-state index < -0.39 is 6.04 Å². The van der Waals surface area contributed by atoms with Crippen LogP contribution in [0.4, 0.5) is 0 Å². The predicted molar refractivity (Wildman–Crippen MR) is 82.8 cm³/mol. The summed E-state index contributed by atoms with van der Waals surface area (Å²) in [4.78, 5) is 26.3. The maximum atomic E-state index is 12.6. The molecule has 4 heteroatoms. The molecule has 2 atom stereocenters. The van der Waals surface area contributed by atoms with Crippen LogP contribution in [-0.2, 0) is 16.1 Å². The average Bonchev–Trinajstić information content (AvgIpc) is 2.48. The number of carbonyl (C=O) groups excluding carboxylic acids is 2. The Morgan fingerprint density at radius 1 is 1.19 bits per heavy atom. The second-order valence-electron chi connectivity index (χ2n) is 6.04. The lowest BCUT2D eigenvalue weighted by Crippen LogP contribution is -2.45. The molecule has 0 aromatic heterocycles. The van der Waals surface area contributed by atoms with Crippen LogP contribution in [0, 0.1) is 13.8 Å². The van der Waals surface area contributed by atoms with Crippen LogP contribution in [0.25, 0.3) is 0 Å². The summed E-state index contributed by atoms with van der Waals surface area (Å²) >= 11 is 0. The zero-order valence-electron chi connectivity index (χ0n) is 13.3. The molecule has 4 nitrogen and oxygen atoms in total. The van der Waals surface area contributed by atoms with Crippen molar-refractivity contribution in [1.82, 2.24) is 10.2 Å². The van der Waals surface area contributed by atoms with Gasteiger partial charge in [0.15, 0.2) is 0 Å². The minimum absolute atomic E-state index is 0.0232. The van der Waals surface area contributed by atoms with Crippen LogP contribution < -0.4 is 5.32 Å². The van der Waals surface area contributed by atoms with E-state index in [0.717, 1.165) is 5.56 Å². The SMILES string of the molecule is CCC1NC(=O)CC(C)N(Cc2cc(C)cc(C)c2)C1=O. The maximum Gasteiger partial charge on any atom is 0.245 e. The summed E-state index contributed by atoms with van der Waals surface area (Å²) in [6.07, 6.45) is 0.994. The standard InChI is InChI=1S/C17H24N2O2/c1-5-15-17(21)19(13(4)9-16(20)18-15)10-14-7-11(2)6-12(3)8-14/h6-8,13,15H,5,9-10H2,1-4H3,(H,18,20). The topological polar surface area (TPSA) is 49.4 Å². The third kappa shape index (κ3) is 3.63. The Morgan fingerprint density at radius 3 is 2.38 bits per heavy atom. The van der Waals surface area contributed by atoms with E-state index in [4.69, 9.17) is 0 Å². The first kappa shape index (κ1) is 15.5. The maximum absolute atomic E-state index is 12.6. The highest BCUT2D eigenvalue weighted by atomic mass is 16.2.